The van der Waals surface area contributed by atoms with Crippen molar-refractivity contribution < 1.29 is 9.84 Å². The van der Waals surface area contributed by atoms with Crippen LogP contribution in [-0.2, 0) is 0 Å². The van der Waals surface area contributed by atoms with Gasteiger partial charge in [-0.1, -0.05) is 6.92 Å². The van der Waals surface area contributed by atoms with E-state index in [0.717, 1.165) is 12.2 Å². The Morgan fingerprint density at radius 2 is 2.05 bits per heavy atom. The monoisotopic (exact) mass is 295 g/mol. The van der Waals surface area contributed by atoms with Crippen LogP contribution in [0.2, 0.25) is 0 Å². The van der Waals surface area contributed by atoms with E-state index < -0.39 is 0 Å². The van der Waals surface area contributed by atoms with Crippen LogP contribution in [-0.4, -0.2) is 35.7 Å². The van der Waals surface area contributed by atoms with E-state index in [1.54, 1.807) is 7.11 Å². The van der Waals surface area contributed by atoms with Crippen LogP contribution in [0.15, 0.2) is 29.2 Å². The van der Waals surface area contributed by atoms with Gasteiger partial charge in [-0.05, 0) is 50.5 Å². The summed E-state index contributed by atoms with van der Waals surface area (Å²) in [5.74, 6) is 0.887. The number of hydrogen-bond donors (Lipinski definition) is 2. The average molecular weight is 295 g/mol. The van der Waals surface area contributed by atoms with Crippen LogP contribution in [0.4, 0.5) is 0 Å². The molecule has 0 amide bonds. The predicted molar refractivity (Wildman–Crippen MR) is 84.6 cm³/mol. The van der Waals surface area contributed by atoms with E-state index in [9.17, 15) is 5.11 Å². The summed E-state index contributed by atoms with van der Waals surface area (Å²) in [6, 6.07) is 8.77. The number of rotatable bonds is 8. The fraction of sp³-hybridized carbons (Fsp3) is 0.625. The largest absolute Gasteiger partial charge is 0.497 e. The highest BCUT2D eigenvalue weighted by molar-refractivity contribution is 7.99. The Kier molecular flexibility index (Phi) is 5.35. The van der Waals surface area contributed by atoms with Crippen molar-refractivity contribution in [1.82, 2.24) is 5.32 Å². The van der Waals surface area contributed by atoms with Gasteiger partial charge in [-0.15, -0.1) is 11.8 Å². The molecule has 1 aliphatic carbocycles. The molecule has 1 aromatic rings. The lowest BCUT2D eigenvalue weighted by atomic mass is 9.97. The predicted octanol–water partition coefficient (Wildman–Crippen LogP) is 3.07. The first-order chi connectivity index (χ1) is 9.54. The number of aliphatic hydroxyl groups excluding tert-OH is 1. The minimum Gasteiger partial charge on any atom is -0.497 e. The maximum atomic E-state index is 9.66. The topological polar surface area (TPSA) is 41.5 Å². The summed E-state index contributed by atoms with van der Waals surface area (Å²) < 4.78 is 5.17. The number of ether oxygens (including phenoxy) is 1. The first-order valence-electron chi connectivity index (χ1n) is 7.24. The van der Waals surface area contributed by atoms with Crippen LogP contribution < -0.4 is 10.1 Å². The van der Waals surface area contributed by atoms with E-state index in [0.29, 0.717) is 11.3 Å². The molecule has 0 aliphatic heterocycles. The SMILES string of the molecule is COc1ccc(SC(C)CC(C)(CO)NC2CC2)cc1. The van der Waals surface area contributed by atoms with Crippen molar-refractivity contribution in [2.24, 2.45) is 0 Å². The van der Waals surface area contributed by atoms with Crippen LogP contribution in [0, 0.1) is 0 Å². The second-order valence-corrected chi connectivity index (χ2v) is 7.46. The zero-order valence-corrected chi connectivity index (χ0v) is 13.4. The molecule has 4 heteroatoms. The summed E-state index contributed by atoms with van der Waals surface area (Å²) in [6.45, 7) is 4.53. The molecule has 2 atom stereocenters. The van der Waals surface area contributed by atoms with Gasteiger partial charge in [0.1, 0.15) is 5.75 Å². The van der Waals surface area contributed by atoms with Gasteiger partial charge in [0.05, 0.1) is 13.7 Å². The highest BCUT2D eigenvalue weighted by atomic mass is 32.2. The lowest BCUT2D eigenvalue weighted by Crippen LogP contribution is -2.48. The lowest BCUT2D eigenvalue weighted by Gasteiger charge is -2.31. The van der Waals surface area contributed by atoms with Crippen molar-refractivity contribution in [1.29, 1.82) is 0 Å². The van der Waals surface area contributed by atoms with Crippen LogP contribution in [0.5, 0.6) is 5.75 Å². The van der Waals surface area contributed by atoms with Gasteiger partial charge in [-0.3, -0.25) is 0 Å². The zero-order valence-electron chi connectivity index (χ0n) is 12.6. The summed E-state index contributed by atoms with van der Waals surface area (Å²) in [7, 11) is 1.68. The highest BCUT2D eigenvalue weighted by Gasteiger charge is 2.33. The second-order valence-electron chi connectivity index (χ2n) is 5.95. The van der Waals surface area contributed by atoms with Gasteiger partial charge in [-0.2, -0.15) is 0 Å². The van der Waals surface area contributed by atoms with E-state index in [1.807, 2.05) is 23.9 Å². The number of thioether (sulfide) groups is 1. The molecule has 1 aliphatic rings. The van der Waals surface area contributed by atoms with Crippen molar-refractivity contribution >= 4 is 11.8 Å². The van der Waals surface area contributed by atoms with Gasteiger partial charge < -0.3 is 15.2 Å². The standard InChI is InChI=1S/C16H25NO2S/c1-12(10-16(2,11-18)17-13-4-5-13)20-15-8-6-14(19-3)7-9-15/h6-9,12-13,17-18H,4-5,10-11H2,1-3H3. The third-order valence-electron chi connectivity index (χ3n) is 3.61. The Labute approximate surface area is 126 Å². The van der Waals surface area contributed by atoms with Gasteiger partial charge in [0.25, 0.3) is 0 Å². The third-order valence-corrected chi connectivity index (χ3v) is 4.73. The molecule has 112 valence electrons. The molecule has 0 saturated heterocycles. The van der Waals surface area contributed by atoms with Crippen molar-refractivity contribution in [3.8, 4) is 5.75 Å². The average Bonchev–Trinajstić information content (AvgIpc) is 3.23. The molecular formula is C16H25NO2S. The van der Waals surface area contributed by atoms with Crippen molar-refractivity contribution in [2.45, 2.75) is 54.8 Å². The van der Waals surface area contributed by atoms with Crippen LogP contribution in [0.3, 0.4) is 0 Å². The van der Waals surface area contributed by atoms with E-state index in [1.165, 1.54) is 17.7 Å². The number of nitrogens with one attached hydrogen (secondary N) is 1. The Hall–Kier alpha value is -0.710. The Morgan fingerprint density at radius 1 is 1.40 bits per heavy atom. The lowest BCUT2D eigenvalue weighted by molar-refractivity contribution is 0.164. The molecule has 3 nitrogen and oxygen atoms in total. The van der Waals surface area contributed by atoms with Crippen molar-refractivity contribution in [2.75, 3.05) is 13.7 Å². The van der Waals surface area contributed by atoms with Crippen molar-refractivity contribution in [3.05, 3.63) is 24.3 Å². The maximum Gasteiger partial charge on any atom is 0.118 e. The Bertz CT molecular complexity index is 419. The molecule has 2 rings (SSSR count). The van der Waals surface area contributed by atoms with Crippen LogP contribution in [0.25, 0.3) is 0 Å². The normalized spacial score (nSPS) is 19.4. The molecule has 20 heavy (non-hydrogen) atoms. The molecule has 1 aromatic carbocycles. The molecule has 0 radical (unpaired) electrons. The summed E-state index contributed by atoms with van der Waals surface area (Å²) in [5, 5.41) is 13.7. The van der Waals surface area contributed by atoms with Gasteiger partial charge in [0.2, 0.25) is 0 Å². The smallest absolute Gasteiger partial charge is 0.118 e. The van der Waals surface area contributed by atoms with E-state index in [4.69, 9.17) is 4.74 Å². The summed E-state index contributed by atoms with van der Waals surface area (Å²) >= 11 is 1.85. The molecule has 1 saturated carbocycles. The molecule has 2 N–H and O–H groups in total. The quantitative estimate of drug-likeness (QED) is 0.723. The molecule has 0 aromatic heterocycles. The Balaban J connectivity index is 1.87. The molecule has 0 bridgehead atoms. The van der Waals surface area contributed by atoms with Gasteiger partial charge in [-0.25, -0.2) is 0 Å². The van der Waals surface area contributed by atoms with Crippen LogP contribution in [0.1, 0.15) is 33.1 Å². The fourth-order valence-corrected chi connectivity index (χ4v) is 3.66. The highest BCUT2D eigenvalue weighted by Crippen LogP contribution is 2.31. The maximum absolute atomic E-state index is 9.66. The number of hydrogen-bond acceptors (Lipinski definition) is 4. The van der Waals surface area contributed by atoms with Gasteiger partial charge in [0, 0.05) is 21.7 Å². The molecule has 2 unspecified atom stereocenters. The molecular weight excluding hydrogens is 270 g/mol. The van der Waals surface area contributed by atoms with E-state index >= 15 is 0 Å². The first kappa shape index (κ1) is 15.7. The van der Waals surface area contributed by atoms with Crippen LogP contribution >= 0.6 is 11.8 Å². The van der Waals surface area contributed by atoms with Gasteiger partial charge in [0.15, 0.2) is 0 Å². The second kappa shape index (κ2) is 6.83. The Morgan fingerprint density at radius 3 is 2.55 bits per heavy atom. The molecule has 0 heterocycles. The third kappa shape index (κ3) is 4.69. The summed E-state index contributed by atoms with van der Waals surface area (Å²) in [4.78, 5) is 1.24. The summed E-state index contributed by atoms with van der Waals surface area (Å²) in [5.41, 5.74) is -0.167. The van der Waals surface area contributed by atoms with Crippen molar-refractivity contribution in [3.63, 3.8) is 0 Å². The van der Waals surface area contributed by atoms with Gasteiger partial charge >= 0.3 is 0 Å². The number of benzene rings is 1. The number of aliphatic hydroxyl groups is 1. The van der Waals surface area contributed by atoms with E-state index in [-0.39, 0.29) is 12.1 Å². The minimum absolute atomic E-state index is 0.167. The van der Waals surface area contributed by atoms with E-state index in [2.05, 4.69) is 31.3 Å². The minimum atomic E-state index is -0.167. The zero-order chi connectivity index (χ0) is 14.6. The first-order valence-corrected chi connectivity index (χ1v) is 8.12. The molecule has 0 spiro atoms. The summed E-state index contributed by atoms with van der Waals surface area (Å²) in [6.07, 6.45) is 3.45. The number of methoxy groups -OCH3 is 1. The fourth-order valence-electron chi connectivity index (χ4n) is 2.45. The molecule has 1 fully saturated rings.